The lowest BCUT2D eigenvalue weighted by Gasteiger charge is -1.95. The molecule has 0 aliphatic heterocycles. The highest BCUT2D eigenvalue weighted by molar-refractivity contribution is 14.1. The molecular formula is C11H8INO2. The van der Waals surface area contributed by atoms with E-state index in [4.69, 9.17) is 4.42 Å². The van der Waals surface area contributed by atoms with Crippen molar-refractivity contribution < 1.29 is 4.42 Å². The van der Waals surface area contributed by atoms with Gasteiger partial charge in [-0.25, -0.2) is 4.79 Å². The maximum atomic E-state index is 11.5. The Bertz CT molecular complexity index is 613. The maximum Gasteiger partial charge on any atom is 0.420 e. The van der Waals surface area contributed by atoms with E-state index in [0.29, 0.717) is 12.1 Å². The van der Waals surface area contributed by atoms with Crippen molar-refractivity contribution in [3.8, 4) is 9.85 Å². The molecule has 0 spiro atoms. The SMILES string of the molecule is Cc1ccc2c(c1)oc(=O)n2CC#CI. The van der Waals surface area contributed by atoms with E-state index in [1.807, 2.05) is 47.7 Å². The Morgan fingerprint density at radius 3 is 3.07 bits per heavy atom. The Morgan fingerprint density at radius 1 is 1.53 bits per heavy atom. The van der Waals surface area contributed by atoms with Crippen molar-refractivity contribution >= 4 is 33.7 Å². The summed E-state index contributed by atoms with van der Waals surface area (Å²) < 4.78 is 9.37. The van der Waals surface area contributed by atoms with Gasteiger partial charge < -0.3 is 4.42 Å². The summed E-state index contributed by atoms with van der Waals surface area (Å²) in [6, 6.07) is 5.68. The predicted octanol–water partition coefficient (Wildman–Crippen LogP) is 2.30. The summed E-state index contributed by atoms with van der Waals surface area (Å²) in [6.07, 6.45) is 0. The van der Waals surface area contributed by atoms with Crippen LogP contribution in [0, 0.1) is 16.8 Å². The van der Waals surface area contributed by atoms with Gasteiger partial charge in [0.05, 0.1) is 12.1 Å². The van der Waals surface area contributed by atoms with Crippen molar-refractivity contribution in [1.82, 2.24) is 4.57 Å². The van der Waals surface area contributed by atoms with Gasteiger partial charge >= 0.3 is 5.76 Å². The van der Waals surface area contributed by atoms with Crippen molar-refractivity contribution in [3.63, 3.8) is 0 Å². The number of benzene rings is 1. The minimum absolute atomic E-state index is 0.352. The van der Waals surface area contributed by atoms with Gasteiger partial charge in [0.1, 0.15) is 0 Å². The molecule has 0 fully saturated rings. The molecule has 4 heteroatoms. The van der Waals surface area contributed by atoms with Gasteiger partial charge in [-0.1, -0.05) is 12.0 Å². The van der Waals surface area contributed by atoms with Crippen LogP contribution in [0.2, 0.25) is 0 Å². The lowest BCUT2D eigenvalue weighted by Crippen LogP contribution is -2.12. The number of aryl methyl sites for hydroxylation is 1. The summed E-state index contributed by atoms with van der Waals surface area (Å²) in [5.41, 5.74) is 2.49. The number of oxazole rings is 1. The molecule has 0 atom stereocenters. The molecule has 0 N–H and O–H groups in total. The third-order valence-electron chi connectivity index (χ3n) is 2.13. The highest BCUT2D eigenvalue weighted by Crippen LogP contribution is 2.14. The monoisotopic (exact) mass is 313 g/mol. The second-order valence-corrected chi connectivity index (χ2v) is 3.74. The van der Waals surface area contributed by atoms with Crippen LogP contribution in [-0.2, 0) is 6.54 Å². The Morgan fingerprint density at radius 2 is 2.33 bits per heavy atom. The molecule has 76 valence electrons. The average Bonchev–Trinajstić information content (AvgIpc) is 2.50. The van der Waals surface area contributed by atoms with Crippen LogP contribution in [0.4, 0.5) is 0 Å². The molecule has 0 amide bonds. The van der Waals surface area contributed by atoms with Gasteiger partial charge in [0.25, 0.3) is 0 Å². The van der Waals surface area contributed by atoms with Crippen molar-refractivity contribution in [1.29, 1.82) is 0 Å². The molecule has 2 aromatic rings. The van der Waals surface area contributed by atoms with E-state index in [1.54, 1.807) is 0 Å². The molecule has 0 aliphatic carbocycles. The molecule has 0 bridgehead atoms. The number of rotatable bonds is 1. The fourth-order valence-corrected chi connectivity index (χ4v) is 1.60. The lowest BCUT2D eigenvalue weighted by atomic mass is 10.2. The third-order valence-corrected chi connectivity index (χ3v) is 2.51. The third kappa shape index (κ3) is 1.92. The van der Waals surface area contributed by atoms with Crippen molar-refractivity contribution in [2.45, 2.75) is 13.5 Å². The number of nitrogens with zero attached hydrogens (tertiary/aromatic N) is 1. The van der Waals surface area contributed by atoms with Crippen LogP contribution in [0.5, 0.6) is 0 Å². The minimum atomic E-state index is -0.352. The largest absolute Gasteiger partial charge is 0.420 e. The topological polar surface area (TPSA) is 35.1 Å². The van der Waals surface area contributed by atoms with E-state index in [0.717, 1.165) is 11.1 Å². The standard InChI is InChI=1S/C11H8INO2/c1-8-3-4-9-10(7-8)15-11(14)13(9)6-2-5-12/h3-4,7H,6H2,1H3. The van der Waals surface area contributed by atoms with Crippen LogP contribution in [-0.4, -0.2) is 4.57 Å². The van der Waals surface area contributed by atoms with Gasteiger partial charge in [-0.05, 0) is 28.5 Å². The number of hydrogen-bond donors (Lipinski definition) is 0. The van der Waals surface area contributed by atoms with E-state index in [9.17, 15) is 4.79 Å². The quantitative estimate of drug-likeness (QED) is 0.598. The van der Waals surface area contributed by atoms with Gasteiger partial charge in [-0.2, -0.15) is 0 Å². The van der Waals surface area contributed by atoms with Crippen LogP contribution < -0.4 is 5.76 Å². The van der Waals surface area contributed by atoms with Crippen molar-refractivity contribution in [2.75, 3.05) is 0 Å². The second kappa shape index (κ2) is 4.11. The van der Waals surface area contributed by atoms with Crippen LogP contribution in [0.1, 0.15) is 5.56 Å². The number of hydrogen-bond acceptors (Lipinski definition) is 2. The zero-order chi connectivity index (χ0) is 10.8. The molecule has 0 saturated carbocycles. The van der Waals surface area contributed by atoms with E-state index in [-0.39, 0.29) is 5.76 Å². The zero-order valence-electron chi connectivity index (χ0n) is 8.08. The molecule has 1 aromatic carbocycles. The zero-order valence-corrected chi connectivity index (χ0v) is 10.2. The highest BCUT2D eigenvalue weighted by atomic mass is 127. The van der Waals surface area contributed by atoms with E-state index in [2.05, 4.69) is 9.85 Å². The first-order valence-corrected chi connectivity index (χ1v) is 5.49. The van der Waals surface area contributed by atoms with Crippen molar-refractivity contribution in [2.24, 2.45) is 0 Å². The van der Waals surface area contributed by atoms with Gasteiger partial charge in [0, 0.05) is 22.6 Å². The fourth-order valence-electron chi connectivity index (χ4n) is 1.43. The van der Waals surface area contributed by atoms with E-state index in [1.165, 1.54) is 4.57 Å². The predicted molar refractivity (Wildman–Crippen MR) is 67.0 cm³/mol. The fraction of sp³-hybridized carbons (Fsp3) is 0.182. The molecule has 2 rings (SSSR count). The Balaban J connectivity index is 2.66. The van der Waals surface area contributed by atoms with Crippen LogP contribution in [0.25, 0.3) is 11.1 Å². The number of halogens is 1. The summed E-state index contributed by atoms with van der Waals surface area (Å²) in [4.78, 5) is 11.5. The summed E-state index contributed by atoms with van der Waals surface area (Å²) in [6.45, 7) is 2.33. The first-order chi connectivity index (χ1) is 7.22. The Kier molecular flexibility index (Phi) is 2.82. The summed E-state index contributed by atoms with van der Waals surface area (Å²) >= 11 is 1.95. The molecule has 0 saturated heterocycles. The van der Waals surface area contributed by atoms with Gasteiger partial charge in [0.2, 0.25) is 0 Å². The molecule has 15 heavy (non-hydrogen) atoms. The Labute approximate surface area is 100 Å². The van der Waals surface area contributed by atoms with Crippen molar-refractivity contribution in [3.05, 3.63) is 34.3 Å². The smallest absolute Gasteiger partial charge is 0.408 e. The molecule has 1 aromatic heterocycles. The normalized spacial score (nSPS) is 10.0. The van der Waals surface area contributed by atoms with Gasteiger partial charge in [-0.15, -0.1) is 0 Å². The molecule has 1 heterocycles. The maximum absolute atomic E-state index is 11.5. The molecule has 0 radical (unpaired) electrons. The molecule has 3 nitrogen and oxygen atoms in total. The molecule has 0 aliphatic rings. The van der Waals surface area contributed by atoms with Gasteiger partial charge in [0.15, 0.2) is 5.58 Å². The number of aromatic nitrogens is 1. The Hall–Kier alpha value is -1.22. The average molecular weight is 313 g/mol. The first kappa shape index (κ1) is 10.3. The highest BCUT2D eigenvalue weighted by Gasteiger charge is 2.07. The lowest BCUT2D eigenvalue weighted by molar-refractivity contribution is 0.521. The summed E-state index contributed by atoms with van der Waals surface area (Å²) in [5.74, 6) is 2.49. The van der Waals surface area contributed by atoms with Crippen LogP contribution in [0.15, 0.2) is 27.4 Å². The molecular weight excluding hydrogens is 305 g/mol. The molecule has 0 unspecified atom stereocenters. The minimum Gasteiger partial charge on any atom is -0.408 e. The summed E-state index contributed by atoms with van der Waals surface area (Å²) in [5, 5.41) is 0. The first-order valence-electron chi connectivity index (χ1n) is 4.41. The van der Waals surface area contributed by atoms with Crippen LogP contribution >= 0.6 is 22.6 Å². The van der Waals surface area contributed by atoms with E-state index < -0.39 is 0 Å². The van der Waals surface area contributed by atoms with Gasteiger partial charge in [-0.3, -0.25) is 4.57 Å². The van der Waals surface area contributed by atoms with Crippen LogP contribution in [0.3, 0.4) is 0 Å². The van der Waals surface area contributed by atoms with E-state index >= 15 is 0 Å². The second-order valence-electron chi connectivity index (χ2n) is 3.20. The summed E-state index contributed by atoms with van der Waals surface area (Å²) in [7, 11) is 0. The number of fused-ring (bicyclic) bond motifs is 1.